The highest BCUT2D eigenvalue weighted by molar-refractivity contribution is 5.75. The minimum Gasteiger partial charge on any atom is -0.429 e. The monoisotopic (exact) mass is 275 g/mol. The first-order chi connectivity index (χ1) is 10.4. The lowest BCUT2D eigenvalue weighted by Crippen LogP contribution is -2.37. The minimum absolute atomic E-state index is 0.0487. The molecule has 0 radical (unpaired) electrons. The van der Waals surface area contributed by atoms with Gasteiger partial charge in [-0.15, -0.1) is 0 Å². The Hall–Kier alpha value is -2.86. The van der Waals surface area contributed by atoms with E-state index in [4.69, 9.17) is 10.00 Å². The van der Waals surface area contributed by atoms with Crippen LogP contribution in [0.25, 0.3) is 10.9 Å². The van der Waals surface area contributed by atoms with E-state index in [0.717, 1.165) is 10.9 Å². The summed E-state index contributed by atoms with van der Waals surface area (Å²) in [5.41, 5.74) is 2.29. The molecule has 0 saturated heterocycles. The normalized spacial score (nSPS) is 10.2. The number of ether oxygens (including phenoxy) is 1. The maximum atomic E-state index is 8.74. The van der Waals surface area contributed by atoms with Gasteiger partial charge in [0.1, 0.15) is 6.07 Å². The number of rotatable bonds is 4. The molecule has 2 aromatic carbocycles. The molecule has 0 bridgehead atoms. The van der Waals surface area contributed by atoms with Crippen LogP contribution >= 0.6 is 0 Å². The molecule has 0 aliphatic heterocycles. The van der Waals surface area contributed by atoms with Crippen molar-refractivity contribution in [2.24, 2.45) is 0 Å². The van der Waals surface area contributed by atoms with Crippen molar-refractivity contribution in [2.75, 3.05) is 6.61 Å². The van der Waals surface area contributed by atoms with E-state index < -0.39 is 0 Å². The zero-order valence-electron chi connectivity index (χ0n) is 11.6. The van der Waals surface area contributed by atoms with Crippen LogP contribution < -0.4 is 9.30 Å². The molecule has 3 heteroatoms. The lowest BCUT2D eigenvalue weighted by molar-refractivity contribution is -0.668. The Balaban J connectivity index is 2.09. The van der Waals surface area contributed by atoms with Gasteiger partial charge in [-0.2, -0.15) is 9.83 Å². The van der Waals surface area contributed by atoms with Crippen molar-refractivity contribution in [1.82, 2.24) is 0 Å². The average molecular weight is 275 g/mol. The van der Waals surface area contributed by atoms with Crippen molar-refractivity contribution >= 4 is 10.9 Å². The van der Waals surface area contributed by atoms with Gasteiger partial charge in [0.15, 0.2) is 13.2 Å². The molecule has 0 atom stereocenters. The molecule has 0 N–H and O–H groups in total. The van der Waals surface area contributed by atoms with Gasteiger partial charge < -0.3 is 4.74 Å². The summed E-state index contributed by atoms with van der Waals surface area (Å²) >= 11 is 0. The van der Waals surface area contributed by atoms with E-state index >= 15 is 0 Å². The number of nitrogens with zero attached hydrogens (tertiary/aromatic N) is 2. The summed E-state index contributed by atoms with van der Waals surface area (Å²) < 4.78 is 7.67. The molecule has 1 heterocycles. The maximum absolute atomic E-state index is 8.74. The van der Waals surface area contributed by atoms with Gasteiger partial charge in [-0.1, -0.05) is 42.5 Å². The van der Waals surface area contributed by atoms with E-state index in [2.05, 4.69) is 28.8 Å². The van der Waals surface area contributed by atoms with E-state index in [1.165, 1.54) is 5.56 Å². The molecule has 0 aliphatic carbocycles. The minimum atomic E-state index is 0.0487. The standard InChI is InChI=1S/C18H15N2O/c19-12-13-21-18-11-10-16-8-4-5-9-17(16)20(18)14-15-6-2-1-3-7-15/h1-11H,13-14H2/q+1. The predicted octanol–water partition coefficient (Wildman–Crippen LogP) is 3.08. The molecular formula is C18H15N2O+. The van der Waals surface area contributed by atoms with Gasteiger partial charge in [0.25, 0.3) is 0 Å². The number of hydrogen-bond donors (Lipinski definition) is 0. The molecule has 0 saturated carbocycles. The fourth-order valence-corrected chi connectivity index (χ4v) is 2.41. The smallest absolute Gasteiger partial charge is 0.369 e. The van der Waals surface area contributed by atoms with Gasteiger partial charge >= 0.3 is 5.88 Å². The first-order valence-electron chi connectivity index (χ1n) is 6.84. The number of para-hydroxylation sites is 1. The van der Waals surface area contributed by atoms with Crippen molar-refractivity contribution in [3.05, 3.63) is 72.3 Å². The molecule has 0 amide bonds. The van der Waals surface area contributed by atoms with Crippen molar-refractivity contribution in [2.45, 2.75) is 6.54 Å². The van der Waals surface area contributed by atoms with Gasteiger partial charge in [0.05, 0.1) is 6.07 Å². The van der Waals surface area contributed by atoms with E-state index in [9.17, 15) is 0 Å². The number of fused-ring (bicyclic) bond motifs is 1. The van der Waals surface area contributed by atoms with Crippen LogP contribution in [0.1, 0.15) is 5.56 Å². The van der Waals surface area contributed by atoms with Crippen molar-refractivity contribution in [1.29, 1.82) is 5.26 Å². The van der Waals surface area contributed by atoms with Gasteiger partial charge in [0, 0.05) is 17.0 Å². The van der Waals surface area contributed by atoms with E-state index in [-0.39, 0.29) is 6.61 Å². The fraction of sp³-hybridized carbons (Fsp3) is 0.111. The third-order valence-corrected chi connectivity index (χ3v) is 3.37. The van der Waals surface area contributed by atoms with Crippen LogP contribution in [-0.4, -0.2) is 6.61 Å². The quantitative estimate of drug-likeness (QED) is 0.686. The molecule has 3 nitrogen and oxygen atoms in total. The Labute approximate surface area is 123 Å². The SMILES string of the molecule is N#CCOc1ccc2ccccc2[n+]1Cc1ccccc1. The Morgan fingerprint density at radius 1 is 0.905 bits per heavy atom. The molecule has 0 fully saturated rings. The zero-order chi connectivity index (χ0) is 14.5. The first kappa shape index (κ1) is 13.1. The lowest BCUT2D eigenvalue weighted by atomic mass is 10.2. The number of pyridine rings is 1. The van der Waals surface area contributed by atoms with Crippen LogP contribution in [0.2, 0.25) is 0 Å². The van der Waals surface area contributed by atoms with E-state index in [0.29, 0.717) is 12.4 Å². The molecule has 0 spiro atoms. The van der Waals surface area contributed by atoms with Crippen LogP contribution in [0.3, 0.4) is 0 Å². The molecule has 1 aromatic heterocycles. The number of aromatic nitrogens is 1. The van der Waals surface area contributed by atoms with Crippen LogP contribution in [0.15, 0.2) is 66.7 Å². The van der Waals surface area contributed by atoms with Gasteiger partial charge in [-0.3, -0.25) is 0 Å². The highest BCUT2D eigenvalue weighted by atomic mass is 16.5. The second kappa shape index (κ2) is 6.06. The summed E-state index contributed by atoms with van der Waals surface area (Å²) in [5.74, 6) is 0.708. The summed E-state index contributed by atoms with van der Waals surface area (Å²) in [7, 11) is 0. The van der Waals surface area contributed by atoms with Gasteiger partial charge in [-0.25, -0.2) is 0 Å². The number of benzene rings is 2. The van der Waals surface area contributed by atoms with Crippen LogP contribution in [0, 0.1) is 11.3 Å². The third kappa shape index (κ3) is 2.85. The molecule has 3 rings (SSSR count). The van der Waals surface area contributed by atoms with E-state index in [1.807, 2.05) is 48.5 Å². The number of hydrogen-bond acceptors (Lipinski definition) is 2. The Bertz CT molecular complexity index is 791. The van der Waals surface area contributed by atoms with Crippen LogP contribution in [0.4, 0.5) is 0 Å². The summed E-state index contributed by atoms with van der Waals surface area (Å²) in [6, 6.07) is 24.4. The molecule has 102 valence electrons. The largest absolute Gasteiger partial charge is 0.429 e. The molecule has 0 unspecified atom stereocenters. The van der Waals surface area contributed by atoms with Crippen molar-refractivity contribution < 1.29 is 9.30 Å². The summed E-state index contributed by atoms with van der Waals surface area (Å²) in [6.07, 6.45) is 0. The first-order valence-corrected chi connectivity index (χ1v) is 6.84. The predicted molar refractivity (Wildman–Crippen MR) is 80.8 cm³/mol. The summed E-state index contributed by atoms with van der Waals surface area (Å²) in [4.78, 5) is 0. The molecule has 0 aliphatic rings. The second-order valence-corrected chi connectivity index (χ2v) is 4.75. The van der Waals surface area contributed by atoms with Crippen LogP contribution in [0.5, 0.6) is 5.88 Å². The molecule has 21 heavy (non-hydrogen) atoms. The fourth-order valence-electron chi connectivity index (χ4n) is 2.41. The molecular weight excluding hydrogens is 260 g/mol. The third-order valence-electron chi connectivity index (χ3n) is 3.37. The van der Waals surface area contributed by atoms with E-state index in [1.54, 1.807) is 0 Å². The summed E-state index contributed by atoms with van der Waals surface area (Å²) in [5, 5.41) is 9.89. The number of nitriles is 1. The topological polar surface area (TPSA) is 36.9 Å². The molecule has 3 aromatic rings. The Morgan fingerprint density at radius 3 is 2.48 bits per heavy atom. The lowest BCUT2D eigenvalue weighted by Gasteiger charge is -2.07. The highest BCUT2D eigenvalue weighted by Gasteiger charge is 2.17. The average Bonchev–Trinajstić information content (AvgIpc) is 2.55. The zero-order valence-corrected chi connectivity index (χ0v) is 11.6. The maximum Gasteiger partial charge on any atom is 0.369 e. The van der Waals surface area contributed by atoms with Gasteiger partial charge in [0.2, 0.25) is 5.52 Å². The second-order valence-electron chi connectivity index (χ2n) is 4.75. The highest BCUT2D eigenvalue weighted by Crippen LogP contribution is 2.15. The summed E-state index contributed by atoms with van der Waals surface area (Å²) in [6.45, 7) is 0.760. The Morgan fingerprint density at radius 2 is 1.67 bits per heavy atom. The Kier molecular flexibility index (Phi) is 3.79. The van der Waals surface area contributed by atoms with Gasteiger partial charge in [-0.05, 0) is 12.1 Å². The van der Waals surface area contributed by atoms with Crippen molar-refractivity contribution in [3.8, 4) is 11.9 Å². The van der Waals surface area contributed by atoms with Crippen LogP contribution in [-0.2, 0) is 6.54 Å². The van der Waals surface area contributed by atoms with Crippen molar-refractivity contribution in [3.63, 3.8) is 0 Å².